The lowest BCUT2D eigenvalue weighted by Crippen LogP contribution is -2.79. The van der Waals surface area contributed by atoms with Gasteiger partial charge in [-0.25, -0.2) is 8.42 Å². The van der Waals surface area contributed by atoms with E-state index in [1.807, 2.05) is 0 Å². The number of carbonyl (C=O) groups excluding carboxylic acids is 1. The van der Waals surface area contributed by atoms with Gasteiger partial charge < -0.3 is 19.5 Å². The summed E-state index contributed by atoms with van der Waals surface area (Å²) in [5, 5.41) is 11.0. The van der Waals surface area contributed by atoms with Crippen molar-refractivity contribution in [3.8, 4) is 0 Å². The zero-order valence-electron chi connectivity index (χ0n) is 28.4. The lowest BCUT2D eigenvalue weighted by molar-refractivity contribution is -0.890. The van der Waals surface area contributed by atoms with Gasteiger partial charge in [-0.2, -0.15) is 123 Å². The number of sulfonamides is 1. The summed E-state index contributed by atoms with van der Waals surface area (Å²) in [6, 6.07) is 0. The van der Waals surface area contributed by atoms with Gasteiger partial charge in [0, 0.05) is 31.9 Å². The molecule has 36 heteroatoms. The average Bonchev–Trinajstić information content (AvgIpc) is 3.03. The van der Waals surface area contributed by atoms with E-state index in [1.165, 1.54) is 0 Å². The summed E-state index contributed by atoms with van der Waals surface area (Å²) in [4.78, 5) is 21.5. The van der Waals surface area contributed by atoms with Gasteiger partial charge in [-0.15, -0.1) is 0 Å². The van der Waals surface area contributed by atoms with Crippen LogP contribution in [0.2, 0.25) is 0 Å². The fourth-order valence-electron chi connectivity index (χ4n) is 4.21. The van der Waals surface area contributed by atoms with Crippen LogP contribution < -0.4 is 5.11 Å². The number of carboxylic acids is 2. The van der Waals surface area contributed by atoms with E-state index in [0.717, 1.165) is 14.1 Å². The molecule has 0 amide bonds. The van der Waals surface area contributed by atoms with Crippen LogP contribution in [0.3, 0.4) is 0 Å². The predicted molar refractivity (Wildman–Crippen MR) is 134 cm³/mol. The van der Waals surface area contributed by atoms with Crippen LogP contribution in [0, 0.1) is 0 Å². The van der Waals surface area contributed by atoms with Crippen LogP contribution in [0.1, 0.15) is 19.3 Å². The quantitative estimate of drug-likeness (QED) is 0.0887. The first kappa shape index (κ1) is 56.9. The molecule has 0 heterocycles. The summed E-state index contributed by atoms with van der Waals surface area (Å²) in [6.07, 6.45) is -12.1. The third-order valence-electron chi connectivity index (χ3n) is 8.00. The molecule has 0 aromatic carbocycles. The standard InChI is InChI=1S/C24H21F27N2O6S/c1-53(2,9-5-11(56)57)8-3-6-52(7-4-10(54)55)60(58,59)24(50,51)22(45,46)20(41,42)18(37,38)16(33,34)14(29,30)12(25,26)13(27,28)15(31,32)17(35,36)19(39,40)21(43,44)23(47,48)49/h3-9H2,1-2H3,(H-,54,55,56,57). The zero-order chi connectivity index (χ0) is 49.2. The monoisotopic (exact) mass is 978 g/mol. The molecular weight excluding hydrogens is 957 g/mol. The topological polar surface area (TPSA) is 115 Å². The molecule has 0 aliphatic carbocycles. The first-order chi connectivity index (χ1) is 25.7. The van der Waals surface area contributed by atoms with Gasteiger partial charge in [0.25, 0.3) is 10.0 Å². The van der Waals surface area contributed by atoms with E-state index < -0.39 is 153 Å². The van der Waals surface area contributed by atoms with Crippen LogP contribution in [0.4, 0.5) is 119 Å². The van der Waals surface area contributed by atoms with Crippen LogP contribution in [-0.2, 0) is 19.6 Å². The highest BCUT2D eigenvalue weighted by molar-refractivity contribution is 7.90. The fourth-order valence-corrected chi connectivity index (χ4v) is 5.69. The minimum Gasteiger partial charge on any atom is -0.550 e. The maximum absolute atomic E-state index is 14.8. The third-order valence-corrected chi connectivity index (χ3v) is 9.95. The molecule has 0 saturated heterocycles. The lowest BCUT2D eigenvalue weighted by atomic mass is 9.84. The number of carboxylic acid groups (broad SMARTS) is 2. The molecule has 0 aliphatic rings. The van der Waals surface area contributed by atoms with Crippen LogP contribution in [-0.4, -0.2) is 151 Å². The summed E-state index contributed by atoms with van der Waals surface area (Å²) in [7, 11) is -5.98. The first-order valence-electron chi connectivity index (χ1n) is 14.5. The summed E-state index contributed by atoms with van der Waals surface area (Å²) in [5.41, 5.74) is 0. The Labute approximate surface area is 314 Å². The Morgan fingerprint density at radius 1 is 0.483 bits per heavy atom. The van der Waals surface area contributed by atoms with E-state index in [1.54, 1.807) is 0 Å². The highest BCUT2D eigenvalue weighted by Gasteiger charge is 3.00. The fraction of sp³-hybridized carbons (Fsp3) is 0.917. The highest BCUT2D eigenvalue weighted by Crippen LogP contribution is 2.68. The van der Waals surface area contributed by atoms with Gasteiger partial charge in [0.05, 0.1) is 33.6 Å². The minimum atomic E-state index is -10.00. The maximum Gasteiger partial charge on any atom is 0.460 e. The molecule has 0 bridgehead atoms. The Morgan fingerprint density at radius 3 is 1.03 bits per heavy atom. The molecule has 0 rings (SSSR count). The molecule has 358 valence electrons. The lowest BCUT2D eigenvalue weighted by Gasteiger charge is -2.46. The molecule has 0 saturated carbocycles. The van der Waals surface area contributed by atoms with Crippen LogP contribution >= 0.6 is 0 Å². The molecule has 8 nitrogen and oxygen atoms in total. The number of hydrogen-bond donors (Lipinski definition) is 1. The van der Waals surface area contributed by atoms with Crippen LogP contribution in [0.15, 0.2) is 0 Å². The molecule has 0 atom stereocenters. The number of carbonyl (C=O) groups is 2. The Hall–Kier alpha value is -3.08. The number of nitrogens with zero attached hydrogens (tertiary/aromatic N) is 2. The normalized spacial score (nSPS) is 16.1. The molecule has 0 aromatic rings. The molecule has 0 fully saturated rings. The van der Waals surface area contributed by atoms with Crippen molar-refractivity contribution in [2.75, 3.05) is 40.3 Å². The largest absolute Gasteiger partial charge is 0.550 e. The van der Waals surface area contributed by atoms with Crippen molar-refractivity contribution in [1.82, 2.24) is 4.31 Å². The second-order valence-corrected chi connectivity index (χ2v) is 14.7. The summed E-state index contributed by atoms with van der Waals surface area (Å²) < 4.78 is 396. The van der Waals surface area contributed by atoms with Crippen molar-refractivity contribution in [3.05, 3.63) is 0 Å². The van der Waals surface area contributed by atoms with E-state index >= 15 is 0 Å². The van der Waals surface area contributed by atoms with E-state index in [-0.39, 0.29) is 0 Å². The zero-order valence-corrected chi connectivity index (χ0v) is 29.3. The SMILES string of the molecule is C[N+](C)(CCCN(CCC(=O)O)S(=O)(=O)C(F)(F)C(F)(F)C(F)(F)C(F)(F)C(F)(F)C(F)(F)C(F)(F)C(F)(F)C(F)(F)C(F)(F)C(F)(F)C(F)(F)C(F)(F)F)CCC(=O)[O-]. The van der Waals surface area contributed by atoms with Crippen molar-refractivity contribution in [2.24, 2.45) is 0 Å². The van der Waals surface area contributed by atoms with Gasteiger partial charge in [-0.1, -0.05) is 0 Å². The molecule has 60 heavy (non-hydrogen) atoms. The second kappa shape index (κ2) is 15.9. The first-order valence-corrected chi connectivity index (χ1v) is 16.0. The Kier molecular flexibility index (Phi) is 15.1. The number of alkyl halides is 27. The summed E-state index contributed by atoms with van der Waals surface area (Å²) >= 11 is 0. The van der Waals surface area contributed by atoms with Crippen molar-refractivity contribution < 1.29 is 151 Å². The average molecular weight is 978 g/mol. The predicted octanol–water partition coefficient (Wildman–Crippen LogP) is 6.84. The third kappa shape index (κ3) is 8.39. The molecule has 0 radical (unpaired) electrons. The highest BCUT2D eigenvalue weighted by atomic mass is 32.2. The Bertz CT molecular complexity index is 1680. The van der Waals surface area contributed by atoms with Gasteiger partial charge in [0.1, 0.15) is 0 Å². The van der Waals surface area contributed by atoms with E-state index in [0.29, 0.717) is 0 Å². The van der Waals surface area contributed by atoms with E-state index in [9.17, 15) is 142 Å². The van der Waals surface area contributed by atoms with Crippen molar-refractivity contribution in [3.63, 3.8) is 0 Å². The van der Waals surface area contributed by atoms with Crippen molar-refractivity contribution >= 4 is 22.0 Å². The summed E-state index contributed by atoms with van der Waals surface area (Å²) in [6.45, 7) is -5.20. The minimum absolute atomic E-state index is 0.510. The Morgan fingerprint density at radius 2 is 0.767 bits per heavy atom. The van der Waals surface area contributed by atoms with Crippen molar-refractivity contribution in [1.29, 1.82) is 0 Å². The smallest absolute Gasteiger partial charge is 0.460 e. The van der Waals surface area contributed by atoms with Gasteiger partial charge in [-0.05, 0) is 0 Å². The maximum atomic E-state index is 14.8. The van der Waals surface area contributed by atoms with E-state index in [2.05, 4.69) is 0 Å². The summed E-state index contributed by atoms with van der Waals surface area (Å²) in [5.74, 6) is -110. The molecule has 0 spiro atoms. The molecule has 0 aliphatic heterocycles. The van der Waals surface area contributed by atoms with Crippen molar-refractivity contribution in [2.45, 2.75) is 95.8 Å². The Balaban J connectivity index is 7.52. The molecule has 0 aromatic heterocycles. The number of quaternary nitrogens is 1. The molecular formula is C24H21F27N2O6S. The van der Waals surface area contributed by atoms with Gasteiger partial charge in [0.15, 0.2) is 0 Å². The van der Waals surface area contributed by atoms with Crippen LogP contribution in [0.5, 0.6) is 0 Å². The van der Waals surface area contributed by atoms with Crippen LogP contribution in [0.25, 0.3) is 0 Å². The van der Waals surface area contributed by atoms with Gasteiger partial charge in [-0.3, -0.25) is 4.79 Å². The number of hydrogen-bond acceptors (Lipinski definition) is 5. The number of aliphatic carboxylic acids is 2. The number of halogens is 27. The molecule has 0 unspecified atom stereocenters. The van der Waals surface area contributed by atoms with Gasteiger partial charge in [0.2, 0.25) is 0 Å². The van der Waals surface area contributed by atoms with Gasteiger partial charge >= 0.3 is 82.5 Å². The second-order valence-electron chi connectivity index (χ2n) is 12.7. The number of rotatable bonds is 23. The van der Waals surface area contributed by atoms with E-state index in [4.69, 9.17) is 5.11 Å². The molecule has 1 N–H and O–H groups in total.